The molecule has 0 bridgehead atoms. The number of ether oxygens (including phenoxy) is 1. The molecule has 1 atom stereocenters. The van der Waals surface area contributed by atoms with Gasteiger partial charge < -0.3 is 15.0 Å². The summed E-state index contributed by atoms with van der Waals surface area (Å²) in [6.07, 6.45) is 1.07. The molecule has 1 aliphatic rings. The smallest absolute Gasteiger partial charge is 0.146 e. The normalized spacial score (nSPS) is 19.1. The molecule has 1 aromatic carbocycles. The lowest BCUT2D eigenvalue weighted by Crippen LogP contribution is -2.23. The summed E-state index contributed by atoms with van der Waals surface area (Å²) in [5.74, 6) is 0.396. The molecular weight excluding hydrogens is 255 g/mol. The Bertz CT molecular complexity index is 436. The van der Waals surface area contributed by atoms with Gasteiger partial charge >= 0.3 is 0 Å². The Balaban J connectivity index is 1.99. The number of nitrogens with one attached hydrogen (secondary N) is 1. The third-order valence-corrected chi connectivity index (χ3v) is 3.76. The van der Waals surface area contributed by atoms with Gasteiger partial charge in [-0.2, -0.15) is 0 Å². The van der Waals surface area contributed by atoms with Gasteiger partial charge in [0, 0.05) is 38.7 Å². The summed E-state index contributed by atoms with van der Waals surface area (Å²) in [5.41, 5.74) is 1.71. The summed E-state index contributed by atoms with van der Waals surface area (Å²) in [7, 11) is 1.72. The number of nitrogens with zero attached hydrogens (tertiary/aromatic N) is 1. The molecule has 3 nitrogen and oxygen atoms in total. The van der Waals surface area contributed by atoms with Gasteiger partial charge in [-0.25, -0.2) is 4.39 Å². The van der Waals surface area contributed by atoms with Crippen molar-refractivity contribution in [3.05, 3.63) is 29.6 Å². The van der Waals surface area contributed by atoms with Gasteiger partial charge in [0.25, 0.3) is 0 Å². The van der Waals surface area contributed by atoms with E-state index in [0.717, 1.165) is 37.4 Å². The van der Waals surface area contributed by atoms with E-state index in [1.165, 1.54) is 0 Å². The Morgan fingerprint density at radius 3 is 2.90 bits per heavy atom. The Morgan fingerprint density at radius 2 is 2.25 bits per heavy atom. The third-order valence-electron chi connectivity index (χ3n) is 3.76. The van der Waals surface area contributed by atoms with Crippen LogP contribution in [0.5, 0.6) is 0 Å². The van der Waals surface area contributed by atoms with E-state index < -0.39 is 0 Å². The number of benzene rings is 1. The van der Waals surface area contributed by atoms with E-state index in [9.17, 15) is 4.39 Å². The van der Waals surface area contributed by atoms with Gasteiger partial charge in [-0.3, -0.25) is 0 Å². The first-order valence-electron chi connectivity index (χ1n) is 7.36. The Hall–Kier alpha value is -1.13. The number of anilines is 1. The van der Waals surface area contributed by atoms with Crippen LogP contribution in [0, 0.1) is 11.7 Å². The molecule has 20 heavy (non-hydrogen) atoms. The second-order valence-electron chi connectivity index (χ2n) is 5.88. The fraction of sp³-hybridized carbons (Fsp3) is 0.625. The SMILES string of the molecule is COCC1CCN(c2ccc(CNC(C)C)cc2F)C1. The maximum atomic E-state index is 14.2. The number of rotatable bonds is 6. The Kier molecular flexibility index (Phi) is 5.38. The molecule has 2 rings (SSSR count). The van der Waals surface area contributed by atoms with Crippen LogP contribution < -0.4 is 10.2 Å². The number of halogens is 1. The largest absolute Gasteiger partial charge is 0.384 e. The van der Waals surface area contributed by atoms with Crippen molar-refractivity contribution in [3.8, 4) is 0 Å². The second kappa shape index (κ2) is 7.04. The number of hydrogen-bond donors (Lipinski definition) is 1. The summed E-state index contributed by atoms with van der Waals surface area (Å²) in [6, 6.07) is 5.97. The minimum Gasteiger partial charge on any atom is -0.384 e. The Labute approximate surface area is 121 Å². The second-order valence-corrected chi connectivity index (χ2v) is 5.88. The molecule has 1 unspecified atom stereocenters. The number of methoxy groups -OCH3 is 1. The highest BCUT2D eigenvalue weighted by Crippen LogP contribution is 2.27. The summed E-state index contributed by atoms with van der Waals surface area (Å²) in [4.78, 5) is 2.12. The lowest BCUT2D eigenvalue weighted by Gasteiger charge is -2.20. The molecule has 1 N–H and O–H groups in total. The predicted molar refractivity (Wildman–Crippen MR) is 80.6 cm³/mol. The van der Waals surface area contributed by atoms with Gasteiger partial charge in [-0.15, -0.1) is 0 Å². The molecule has 0 aliphatic carbocycles. The van der Waals surface area contributed by atoms with Crippen LogP contribution in [0.2, 0.25) is 0 Å². The summed E-state index contributed by atoms with van der Waals surface area (Å²) in [5, 5.41) is 3.30. The molecule has 0 saturated carbocycles. The zero-order chi connectivity index (χ0) is 14.5. The molecule has 0 spiro atoms. The fourth-order valence-corrected chi connectivity index (χ4v) is 2.66. The monoisotopic (exact) mass is 280 g/mol. The van der Waals surface area contributed by atoms with Crippen LogP contribution in [0.3, 0.4) is 0 Å². The zero-order valence-corrected chi connectivity index (χ0v) is 12.7. The van der Waals surface area contributed by atoms with Gasteiger partial charge in [0.1, 0.15) is 5.82 Å². The number of hydrogen-bond acceptors (Lipinski definition) is 3. The highest BCUT2D eigenvalue weighted by molar-refractivity contribution is 5.50. The van der Waals surface area contributed by atoms with Crippen molar-refractivity contribution in [2.24, 2.45) is 5.92 Å². The van der Waals surface area contributed by atoms with Crippen molar-refractivity contribution in [1.82, 2.24) is 5.32 Å². The van der Waals surface area contributed by atoms with Gasteiger partial charge in [-0.1, -0.05) is 19.9 Å². The average molecular weight is 280 g/mol. The molecular formula is C16H25FN2O. The molecule has 4 heteroatoms. The third kappa shape index (κ3) is 3.93. The van der Waals surface area contributed by atoms with E-state index in [-0.39, 0.29) is 5.82 Å². The maximum Gasteiger partial charge on any atom is 0.146 e. The summed E-state index contributed by atoms with van der Waals surface area (Å²) < 4.78 is 19.4. The van der Waals surface area contributed by atoms with Gasteiger partial charge in [0.2, 0.25) is 0 Å². The first-order chi connectivity index (χ1) is 9.60. The van der Waals surface area contributed by atoms with Crippen LogP contribution >= 0.6 is 0 Å². The minimum atomic E-state index is -0.119. The van der Waals surface area contributed by atoms with Crippen molar-refractivity contribution in [3.63, 3.8) is 0 Å². The molecule has 1 aliphatic heterocycles. The Morgan fingerprint density at radius 1 is 1.45 bits per heavy atom. The molecule has 1 heterocycles. The van der Waals surface area contributed by atoms with E-state index in [1.54, 1.807) is 13.2 Å². The van der Waals surface area contributed by atoms with Crippen LogP contribution in [0.15, 0.2) is 18.2 Å². The van der Waals surface area contributed by atoms with Crippen molar-refractivity contribution >= 4 is 5.69 Å². The van der Waals surface area contributed by atoms with Gasteiger partial charge in [0.15, 0.2) is 0 Å². The lowest BCUT2D eigenvalue weighted by atomic mass is 10.1. The van der Waals surface area contributed by atoms with E-state index in [0.29, 0.717) is 18.5 Å². The van der Waals surface area contributed by atoms with Crippen LogP contribution in [0.4, 0.5) is 10.1 Å². The minimum absolute atomic E-state index is 0.119. The van der Waals surface area contributed by atoms with Crippen molar-refractivity contribution in [1.29, 1.82) is 0 Å². The van der Waals surface area contributed by atoms with Crippen LogP contribution in [0.25, 0.3) is 0 Å². The maximum absolute atomic E-state index is 14.2. The van der Waals surface area contributed by atoms with Crippen molar-refractivity contribution < 1.29 is 9.13 Å². The molecule has 1 saturated heterocycles. The zero-order valence-electron chi connectivity index (χ0n) is 12.7. The average Bonchev–Trinajstić information content (AvgIpc) is 2.85. The standard InChI is InChI=1S/C16H25FN2O/c1-12(2)18-9-13-4-5-16(15(17)8-13)19-7-6-14(10-19)11-20-3/h4-5,8,12,14,18H,6-7,9-11H2,1-3H3. The molecule has 1 fully saturated rings. The summed E-state index contributed by atoms with van der Waals surface area (Å²) in [6.45, 7) is 7.44. The molecule has 0 amide bonds. The first kappa shape index (κ1) is 15.3. The molecule has 1 aromatic rings. The summed E-state index contributed by atoms with van der Waals surface area (Å²) >= 11 is 0. The molecule has 0 radical (unpaired) electrons. The highest BCUT2D eigenvalue weighted by Gasteiger charge is 2.24. The van der Waals surface area contributed by atoms with Crippen molar-refractivity contribution in [2.75, 3.05) is 31.7 Å². The van der Waals surface area contributed by atoms with Crippen LogP contribution in [0.1, 0.15) is 25.8 Å². The lowest BCUT2D eigenvalue weighted by molar-refractivity contribution is 0.161. The quantitative estimate of drug-likeness (QED) is 0.867. The topological polar surface area (TPSA) is 24.5 Å². The fourth-order valence-electron chi connectivity index (χ4n) is 2.66. The highest BCUT2D eigenvalue weighted by atomic mass is 19.1. The van der Waals surface area contributed by atoms with E-state index in [4.69, 9.17) is 4.74 Å². The van der Waals surface area contributed by atoms with E-state index in [1.807, 2.05) is 12.1 Å². The van der Waals surface area contributed by atoms with Crippen molar-refractivity contribution in [2.45, 2.75) is 32.9 Å². The molecule has 0 aromatic heterocycles. The van der Waals surface area contributed by atoms with E-state index in [2.05, 4.69) is 24.1 Å². The molecule has 112 valence electrons. The van der Waals surface area contributed by atoms with Crippen LogP contribution in [-0.4, -0.2) is 32.8 Å². The van der Waals surface area contributed by atoms with Gasteiger partial charge in [-0.05, 0) is 24.1 Å². The van der Waals surface area contributed by atoms with Crippen LogP contribution in [-0.2, 0) is 11.3 Å². The van der Waals surface area contributed by atoms with Gasteiger partial charge in [0.05, 0.1) is 12.3 Å². The predicted octanol–water partition coefficient (Wildman–Crippen LogP) is 2.80. The first-order valence-corrected chi connectivity index (χ1v) is 7.36. The van der Waals surface area contributed by atoms with E-state index >= 15 is 0 Å².